The average Bonchev–Trinajstić information content (AvgIpc) is 2.23. The van der Waals surface area contributed by atoms with E-state index in [4.69, 9.17) is 0 Å². The van der Waals surface area contributed by atoms with Crippen molar-refractivity contribution in [3.63, 3.8) is 0 Å². The highest BCUT2D eigenvalue weighted by molar-refractivity contribution is 7.99. The van der Waals surface area contributed by atoms with Crippen molar-refractivity contribution >= 4 is 17.4 Å². The van der Waals surface area contributed by atoms with Crippen LogP contribution in [0.25, 0.3) is 0 Å². The van der Waals surface area contributed by atoms with Crippen molar-refractivity contribution in [1.29, 1.82) is 0 Å². The van der Waals surface area contributed by atoms with Gasteiger partial charge in [0.2, 0.25) is 0 Å². The van der Waals surface area contributed by atoms with Gasteiger partial charge in [-0.05, 0) is 43.1 Å². The number of rotatable bonds is 2. The van der Waals surface area contributed by atoms with Crippen molar-refractivity contribution < 1.29 is 0 Å². The summed E-state index contributed by atoms with van der Waals surface area (Å²) in [7, 11) is 0. The second-order valence-electron chi connectivity index (χ2n) is 4.33. The van der Waals surface area contributed by atoms with Crippen LogP contribution < -0.4 is 10.6 Å². The maximum atomic E-state index is 3.44. The lowest BCUT2D eigenvalue weighted by molar-refractivity contribution is 0.346. The molecule has 3 rings (SSSR count). The zero-order valence-corrected chi connectivity index (χ0v) is 9.57. The van der Waals surface area contributed by atoms with Crippen molar-refractivity contribution in [2.24, 2.45) is 5.92 Å². The lowest BCUT2D eigenvalue weighted by atomic mass is 9.94. The molecule has 15 heavy (non-hydrogen) atoms. The van der Waals surface area contributed by atoms with Gasteiger partial charge in [-0.2, -0.15) is 0 Å². The first-order valence-corrected chi connectivity index (χ1v) is 6.61. The summed E-state index contributed by atoms with van der Waals surface area (Å²) in [5, 5.41) is 6.76. The van der Waals surface area contributed by atoms with Crippen LogP contribution in [0, 0.1) is 5.92 Å². The van der Waals surface area contributed by atoms with Gasteiger partial charge in [-0.15, -0.1) is 11.8 Å². The fraction of sp³-hybridized carbons (Fsp3) is 0.500. The Hall–Kier alpha value is -0.670. The molecule has 0 atom stereocenters. The second kappa shape index (κ2) is 4.06. The van der Waals surface area contributed by atoms with Crippen molar-refractivity contribution in [2.45, 2.75) is 11.3 Å². The highest BCUT2D eigenvalue weighted by Gasteiger charge is 2.18. The van der Waals surface area contributed by atoms with Crippen LogP contribution in [-0.2, 0) is 6.42 Å². The summed E-state index contributed by atoms with van der Waals surface area (Å²) in [5.41, 5.74) is 2.82. The third-order valence-corrected chi connectivity index (χ3v) is 4.17. The van der Waals surface area contributed by atoms with Crippen molar-refractivity contribution in [3.8, 4) is 0 Å². The molecule has 1 aromatic rings. The molecule has 0 aliphatic carbocycles. The Morgan fingerprint density at radius 3 is 3.07 bits per heavy atom. The molecule has 2 nitrogen and oxygen atoms in total. The molecule has 0 amide bonds. The van der Waals surface area contributed by atoms with Crippen LogP contribution in [0.1, 0.15) is 5.56 Å². The Balaban J connectivity index is 1.77. The SMILES string of the molecule is c1cc2c(cc1CC1CNC1)SCCN2. The normalized spacial score (nSPS) is 20.3. The van der Waals surface area contributed by atoms with Crippen LogP contribution in [0.15, 0.2) is 23.1 Å². The van der Waals surface area contributed by atoms with E-state index in [1.807, 2.05) is 11.8 Å². The van der Waals surface area contributed by atoms with Crippen LogP contribution in [0.2, 0.25) is 0 Å². The molecular weight excluding hydrogens is 204 g/mol. The predicted octanol–water partition coefficient (Wildman–Crippen LogP) is 1.97. The molecule has 0 radical (unpaired) electrons. The molecular formula is C12H16N2S. The average molecular weight is 220 g/mol. The van der Waals surface area contributed by atoms with Crippen molar-refractivity contribution in [3.05, 3.63) is 23.8 Å². The Bertz CT molecular complexity index is 361. The summed E-state index contributed by atoms with van der Waals surface area (Å²) in [6.07, 6.45) is 1.24. The fourth-order valence-electron chi connectivity index (χ4n) is 2.13. The number of hydrogen-bond acceptors (Lipinski definition) is 3. The van der Waals surface area contributed by atoms with Gasteiger partial charge >= 0.3 is 0 Å². The topological polar surface area (TPSA) is 24.1 Å². The zero-order valence-electron chi connectivity index (χ0n) is 8.75. The molecule has 0 spiro atoms. The summed E-state index contributed by atoms with van der Waals surface area (Å²) in [5.74, 6) is 2.06. The standard InChI is InChI=1S/C12H16N2S/c1-2-11-12(15-4-3-14-11)6-9(1)5-10-7-13-8-10/h1-2,6,10,13-14H,3-5,7-8H2. The van der Waals surface area contributed by atoms with Gasteiger partial charge in [0, 0.05) is 22.9 Å². The van der Waals surface area contributed by atoms with E-state index in [-0.39, 0.29) is 0 Å². The minimum absolute atomic E-state index is 0.865. The first-order chi connectivity index (χ1) is 7.42. The maximum Gasteiger partial charge on any atom is 0.0478 e. The van der Waals surface area contributed by atoms with Crippen molar-refractivity contribution in [2.75, 3.05) is 30.7 Å². The van der Waals surface area contributed by atoms with Gasteiger partial charge in [-0.1, -0.05) is 6.07 Å². The highest BCUT2D eigenvalue weighted by atomic mass is 32.2. The molecule has 1 saturated heterocycles. The molecule has 2 heterocycles. The van der Waals surface area contributed by atoms with E-state index >= 15 is 0 Å². The lowest BCUT2D eigenvalue weighted by Crippen LogP contribution is -2.43. The third kappa shape index (κ3) is 1.99. The number of hydrogen-bond donors (Lipinski definition) is 2. The van der Waals surface area contributed by atoms with E-state index in [0.29, 0.717) is 0 Å². The van der Waals surface area contributed by atoms with Crippen LogP contribution >= 0.6 is 11.8 Å². The molecule has 0 bridgehead atoms. The Labute approximate surface area is 94.8 Å². The van der Waals surface area contributed by atoms with Gasteiger partial charge in [-0.25, -0.2) is 0 Å². The van der Waals surface area contributed by atoms with Gasteiger partial charge in [0.25, 0.3) is 0 Å². The molecule has 2 N–H and O–H groups in total. The van der Waals surface area contributed by atoms with E-state index in [0.717, 1.165) is 12.5 Å². The van der Waals surface area contributed by atoms with Gasteiger partial charge in [-0.3, -0.25) is 0 Å². The summed E-state index contributed by atoms with van der Waals surface area (Å²) >= 11 is 1.98. The van der Waals surface area contributed by atoms with Crippen LogP contribution in [0.4, 0.5) is 5.69 Å². The van der Waals surface area contributed by atoms with Gasteiger partial charge in [0.15, 0.2) is 0 Å². The summed E-state index contributed by atoms with van der Waals surface area (Å²) < 4.78 is 0. The first kappa shape index (κ1) is 9.55. The van der Waals surface area contributed by atoms with Crippen molar-refractivity contribution in [1.82, 2.24) is 5.32 Å². The second-order valence-corrected chi connectivity index (χ2v) is 5.47. The number of nitrogens with one attached hydrogen (secondary N) is 2. The molecule has 2 aliphatic rings. The van der Waals surface area contributed by atoms with E-state index in [1.54, 1.807) is 0 Å². The molecule has 1 aromatic carbocycles. The van der Waals surface area contributed by atoms with Gasteiger partial charge < -0.3 is 10.6 Å². The largest absolute Gasteiger partial charge is 0.383 e. The van der Waals surface area contributed by atoms with E-state index in [2.05, 4.69) is 28.8 Å². The smallest absolute Gasteiger partial charge is 0.0478 e. The number of fused-ring (bicyclic) bond motifs is 1. The quantitative estimate of drug-likeness (QED) is 0.797. The number of anilines is 1. The summed E-state index contributed by atoms with van der Waals surface area (Å²) in [4.78, 5) is 1.44. The number of benzene rings is 1. The minimum Gasteiger partial charge on any atom is -0.383 e. The van der Waals surface area contributed by atoms with Crippen LogP contribution in [0.3, 0.4) is 0 Å². The Morgan fingerprint density at radius 1 is 1.33 bits per heavy atom. The van der Waals surface area contributed by atoms with E-state index < -0.39 is 0 Å². The third-order valence-electron chi connectivity index (χ3n) is 3.11. The summed E-state index contributed by atoms with van der Waals surface area (Å²) in [6, 6.07) is 6.88. The summed E-state index contributed by atoms with van der Waals surface area (Å²) in [6.45, 7) is 3.49. The Kier molecular flexibility index (Phi) is 2.59. The van der Waals surface area contributed by atoms with Crippen LogP contribution in [0.5, 0.6) is 0 Å². The van der Waals surface area contributed by atoms with E-state index in [9.17, 15) is 0 Å². The predicted molar refractivity (Wildman–Crippen MR) is 65.7 cm³/mol. The lowest BCUT2D eigenvalue weighted by Gasteiger charge is -2.27. The maximum absolute atomic E-state index is 3.44. The fourth-order valence-corrected chi connectivity index (χ4v) is 3.09. The molecule has 0 aromatic heterocycles. The zero-order chi connectivity index (χ0) is 10.1. The molecule has 80 valence electrons. The Morgan fingerprint density at radius 2 is 2.27 bits per heavy atom. The monoisotopic (exact) mass is 220 g/mol. The molecule has 0 unspecified atom stereocenters. The van der Waals surface area contributed by atoms with E-state index in [1.165, 1.54) is 41.4 Å². The molecule has 3 heteroatoms. The van der Waals surface area contributed by atoms with Crippen LogP contribution in [-0.4, -0.2) is 25.4 Å². The number of thioether (sulfide) groups is 1. The first-order valence-electron chi connectivity index (χ1n) is 5.62. The molecule has 0 saturated carbocycles. The molecule has 1 fully saturated rings. The highest BCUT2D eigenvalue weighted by Crippen LogP contribution is 2.32. The van der Waals surface area contributed by atoms with Gasteiger partial charge in [0.1, 0.15) is 0 Å². The molecule has 2 aliphatic heterocycles. The van der Waals surface area contributed by atoms with Gasteiger partial charge in [0.05, 0.1) is 0 Å². The minimum atomic E-state index is 0.865.